The van der Waals surface area contributed by atoms with Crippen molar-refractivity contribution in [2.75, 3.05) is 12.4 Å². The molecule has 0 aliphatic rings. The molecule has 0 radical (unpaired) electrons. The van der Waals surface area contributed by atoms with Crippen LogP contribution >= 0.6 is 0 Å². The molecular formula is C14H12N6O2. The largest absolute Gasteiger partial charge is 0.480 e. The number of rotatable bonds is 4. The molecule has 0 unspecified atom stereocenters. The minimum atomic E-state index is -0.319. The molecule has 0 aliphatic carbocycles. The van der Waals surface area contributed by atoms with Crippen molar-refractivity contribution < 1.29 is 9.53 Å². The lowest BCUT2D eigenvalue weighted by Gasteiger charge is -2.08. The van der Waals surface area contributed by atoms with E-state index in [0.29, 0.717) is 17.1 Å². The highest BCUT2D eigenvalue weighted by atomic mass is 16.5. The predicted octanol–water partition coefficient (Wildman–Crippen LogP) is 1.32. The highest BCUT2D eigenvalue weighted by Gasteiger charge is 2.13. The first-order chi connectivity index (χ1) is 10.8. The fraction of sp³-hybridized carbons (Fsp3) is 0.0714. The van der Waals surface area contributed by atoms with Crippen molar-refractivity contribution in [1.29, 1.82) is 0 Å². The second-order valence-corrected chi connectivity index (χ2v) is 4.26. The zero-order valence-electron chi connectivity index (χ0n) is 11.7. The predicted molar refractivity (Wildman–Crippen MR) is 77.9 cm³/mol. The standard InChI is InChI=1S/C14H12N6O2/c1-22-14-11(3-2-6-16-14)13(21)19-10-4-5-12(17-7-10)20-9-15-8-18-20/h2-9H,1H3,(H,19,21). The molecule has 0 bridgehead atoms. The summed E-state index contributed by atoms with van der Waals surface area (Å²) in [5.41, 5.74) is 0.908. The molecule has 0 saturated carbocycles. The van der Waals surface area contributed by atoms with Crippen LogP contribution in [0, 0.1) is 0 Å². The Morgan fingerprint density at radius 1 is 1.27 bits per heavy atom. The molecule has 3 aromatic rings. The Hall–Kier alpha value is -3.29. The summed E-state index contributed by atoms with van der Waals surface area (Å²) in [6, 6.07) is 6.76. The lowest BCUT2D eigenvalue weighted by molar-refractivity contribution is 0.102. The molecule has 0 spiro atoms. The van der Waals surface area contributed by atoms with Crippen molar-refractivity contribution in [2.24, 2.45) is 0 Å². The van der Waals surface area contributed by atoms with Crippen LogP contribution in [0.5, 0.6) is 5.88 Å². The SMILES string of the molecule is COc1ncccc1C(=O)Nc1ccc(-n2cncn2)nc1. The van der Waals surface area contributed by atoms with Gasteiger partial charge in [0.1, 0.15) is 18.2 Å². The molecule has 3 aromatic heterocycles. The van der Waals surface area contributed by atoms with Crippen LogP contribution in [-0.2, 0) is 0 Å². The minimum Gasteiger partial charge on any atom is -0.480 e. The summed E-state index contributed by atoms with van der Waals surface area (Å²) in [6.07, 6.45) is 6.06. The molecule has 3 rings (SSSR count). The third-order valence-electron chi connectivity index (χ3n) is 2.87. The van der Waals surface area contributed by atoms with Crippen LogP contribution in [0.3, 0.4) is 0 Å². The molecule has 110 valence electrons. The van der Waals surface area contributed by atoms with E-state index in [1.807, 2.05) is 0 Å². The molecule has 0 aliphatic heterocycles. The third kappa shape index (κ3) is 2.75. The summed E-state index contributed by atoms with van der Waals surface area (Å²) in [5.74, 6) is 0.557. The number of hydrogen-bond acceptors (Lipinski definition) is 6. The van der Waals surface area contributed by atoms with Crippen molar-refractivity contribution >= 4 is 11.6 Å². The van der Waals surface area contributed by atoms with Crippen LogP contribution in [0.1, 0.15) is 10.4 Å². The van der Waals surface area contributed by atoms with Gasteiger partial charge in [0.15, 0.2) is 5.82 Å². The van der Waals surface area contributed by atoms with Gasteiger partial charge >= 0.3 is 0 Å². The first kappa shape index (κ1) is 13.7. The highest BCUT2D eigenvalue weighted by Crippen LogP contribution is 2.16. The highest BCUT2D eigenvalue weighted by molar-refractivity contribution is 6.05. The second-order valence-electron chi connectivity index (χ2n) is 4.26. The van der Waals surface area contributed by atoms with Gasteiger partial charge in [-0.25, -0.2) is 19.6 Å². The summed E-state index contributed by atoms with van der Waals surface area (Å²) in [7, 11) is 1.47. The number of amides is 1. The molecule has 1 amide bonds. The maximum atomic E-state index is 12.2. The lowest BCUT2D eigenvalue weighted by Crippen LogP contribution is -2.14. The van der Waals surface area contributed by atoms with E-state index in [1.165, 1.54) is 24.3 Å². The van der Waals surface area contributed by atoms with Gasteiger partial charge in [0.2, 0.25) is 5.88 Å². The van der Waals surface area contributed by atoms with Gasteiger partial charge < -0.3 is 10.1 Å². The molecule has 0 fully saturated rings. The smallest absolute Gasteiger partial charge is 0.261 e. The van der Waals surface area contributed by atoms with Gasteiger partial charge in [0, 0.05) is 6.20 Å². The Labute approximate surface area is 125 Å². The number of anilines is 1. The Kier molecular flexibility index (Phi) is 3.73. The van der Waals surface area contributed by atoms with E-state index < -0.39 is 0 Å². The number of aromatic nitrogens is 5. The lowest BCUT2D eigenvalue weighted by atomic mass is 10.2. The number of ether oxygens (including phenoxy) is 1. The average molecular weight is 296 g/mol. The molecule has 0 saturated heterocycles. The summed E-state index contributed by atoms with van der Waals surface area (Å²) < 4.78 is 6.59. The molecule has 1 N–H and O–H groups in total. The minimum absolute atomic E-state index is 0.271. The van der Waals surface area contributed by atoms with Gasteiger partial charge in [0.05, 0.1) is 19.0 Å². The second kappa shape index (κ2) is 6.00. The summed E-state index contributed by atoms with van der Waals surface area (Å²) in [6.45, 7) is 0. The van der Waals surface area contributed by atoms with Gasteiger partial charge in [-0.3, -0.25) is 4.79 Å². The molecule has 0 atom stereocenters. The first-order valence-corrected chi connectivity index (χ1v) is 6.39. The fourth-order valence-corrected chi connectivity index (χ4v) is 1.85. The van der Waals surface area contributed by atoms with E-state index in [0.717, 1.165) is 0 Å². The van der Waals surface area contributed by atoms with E-state index in [4.69, 9.17) is 4.74 Å². The number of carbonyl (C=O) groups excluding carboxylic acids is 1. The summed E-state index contributed by atoms with van der Waals surface area (Å²) >= 11 is 0. The van der Waals surface area contributed by atoms with Gasteiger partial charge in [-0.15, -0.1) is 0 Å². The normalized spacial score (nSPS) is 10.2. The maximum absolute atomic E-state index is 12.2. The first-order valence-electron chi connectivity index (χ1n) is 6.39. The van der Waals surface area contributed by atoms with Gasteiger partial charge in [0.25, 0.3) is 5.91 Å². The third-order valence-corrected chi connectivity index (χ3v) is 2.87. The Morgan fingerprint density at radius 2 is 2.18 bits per heavy atom. The number of hydrogen-bond donors (Lipinski definition) is 1. The van der Waals surface area contributed by atoms with Gasteiger partial charge in [-0.05, 0) is 24.3 Å². The van der Waals surface area contributed by atoms with Crippen molar-refractivity contribution in [3.63, 3.8) is 0 Å². The average Bonchev–Trinajstić information content (AvgIpc) is 3.10. The molecule has 8 nitrogen and oxygen atoms in total. The zero-order valence-corrected chi connectivity index (χ0v) is 11.7. The summed E-state index contributed by atoms with van der Waals surface area (Å²) in [4.78, 5) is 24.3. The van der Waals surface area contributed by atoms with E-state index in [2.05, 4.69) is 25.4 Å². The van der Waals surface area contributed by atoms with E-state index >= 15 is 0 Å². The number of nitrogens with one attached hydrogen (secondary N) is 1. The quantitative estimate of drug-likeness (QED) is 0.780. The summed E-state index contributed by atoms with van der Waals surface area (Å²) in [5, 5.41) is 6.72. The maximum Gasteiger partial charge on any atom is 0.261 e. The van der Waals surface area contributed by atoms with Crippen LogP contribution in [0.15, 0.2) is 49.3 Å². The molecule has 0 aromatic carbocycles. The Balaban J connectivity index is 1.77. The molecule has 3 heterocycles. The fourth-order valence-electron chi connectivity index (χ4n) is 1.85. The Morgan fingerprint density at radius 3 is 2.86 bits per heavy atom. The van der Waals surface area contributed by atoms with Crippen LogP contribution in [0.4, 0.5) is 5.69 Å². The van der Waals surface area contributed by atoms with Crippen LogP contribution in [0.2, 0.25) is 0 Å². The van der Waals surface area contributed by atoms with E-state index in [1.54, 1.807) is 36.8 Å². The molecule has 8 heteroatoms. The van der Waals surface area contributed by atoms with Gasteiger partial charge in [-0.1, -0.05) is 0 Å². The van der Waals surface area contributed by atoms with E-state index in [9.17, 15) is 4.79 Å². The van der Waals surface area contributed by atoms with Crippen LogP contribution < -0.4 is 10.1 Å². The van der Waals surface area contributed by atoms with Crippen LogP contribution in [0.25, 0.3) is 5.82 Å². The van der Waals surface area contributed by atoms with Crippen molar-refractivity contribution in [1.82, 2.24) is 24.7 Å². The van der Waals surface area contributed by atoms with Crippen molar-refractivity contribution in [2.45, 2.75) is 0 Å². The number of nitrogens with zero attached hydrogens (tertiary/aromatic N) is 5. The van der Waals surface area contributed by atoms with E-state index in [-0.39, 0.29) is 11.8 Å². The van der Waals surface area contributed by atoms with Crippen molar-refractivity contribution in [3.05, 3.63) is 54.9 Å². The molecule has 22 heavy (non-hydrogen) atoms. The van der Waals surface area contributed by atoms with Crippen molar-refractivity contribution in [3.8, 4) is 11.7 Å². The van der Waals surface area contributed by atoms with Crippen LogP contribution in [-0.4, -0.2) is 37.7 Å². The Bertz CT molecular complexity index is 770. The topological polar surface area (TPSA) is 94.8 Å². The number of pyridine rings is 2. The monoisotopic (exact) mass is 296 g/mol. The number of carbonyl (C=O) groups is 1. The zero-order chi connectivity index (χ0) is 15.4. The van der Waals surface area contributed by atoms with Gasteiger partial charge in [-0.2, -0.15) is 5.10 Å². The number of methoxy groups -OCH3 is 1. The molecular weight excluding hydrogens is 284 g/mol.